The standard InChI is InChI=1S/C20H22F2N4O5S/c1-23-20(29)18(12-7-8-15(21)16(22)10-12)25-17(27)11-24-19(28)13-5-4-6-14(9-13)32(30,31)26(2)3/h4-10,18H,11H2,1-3H3,(H,23,29)(H,24,28)(H,25,27). The molecular weight excluding hydrogens is 446 g/mol. The maximum Gasteiger partial charge on any atom is 0.251 e. The molecule has 2 aromatic rings. The minimum absolute atomic E-state index is 0.00387. The first kappa shape index (κ1) is 24.9. The van der Waals surface area contributed by atoms with E-state index in [2.05, 4.69) is 16.0 Å². The second-order valence-corrected chi connectivity index (χ2v) is 8.94. The number of amides is 3. The molecule has 2 rings (SSSR count). The largest absolute Gasteiger partial charge is 0.357 e. The Bertz CT molecular complexity index is 1140. The quantitative estimate of drug-likeness (QED) is 0.522. The highest BCUT2D eigenvalue weighted by molar-refractivity contribution is 7.89. The molecule has 1 atom stereocenters. The lowest BCUT2D eigenvalue weighted by molar-refractivity contribution is -0.128. The van der Waals surface area contributed by atoms with E-state index in [0.29, 0.717) is 0 Å². The van der Waals surface area contributed by atoms with E-state index in [4.69, 9.17) is 0 Å². The van der Waals surface area contributed by atoms with E-state index in [9.17, 15) is 31.6 Å². The summed E-state index contributed by atoms with van der Waals surface area (Å²) in [5.41, 5.74) is 0.00806. The Kier molecular flexibility index (Phi) is 8.00. The van der Waals surface area contributed by atoms with Crippen LogP contribution >= 0.6 is 0 Å². The van der Waals surface area contributed by atoms with Crippen molar-refractivity contribution in [1.29, 1.82) is 0 Å². The number of sulfonamides is 1. The van der Waals surface area contributed by atoms with Gasteiger partial charge in [0.2, 0.25) is 21.8 Å². The van der Waals surface area contributed by atoms with E-state index in [0.717, 1.165) is 28.6 Å². The van der Waals surface area contributed by atoms with Crippen LogP contribution in [0.2, 0.25) is 0 Å². The second kappa shape index (κ2) is 10.3. The van der Waals surface area contributed by atoms with Crippen molar-refractivity contribution in [3.05, 3.63) is 65.2 Å². The first-order valence-corrected chi connectivity index (χ1v) is 10.7. The summed E-state index contributed by atoms with van der Waals surface area (Å²) in [6, 6.07) is 6.67. The zero-order chi connectivity index (χ0) is 24.1. The summed E-state index contributed by atoms with van der Waals surface area (Å²) in [7, 11) is 0.245. The van der Waals surface area contributed by atoms with Gasteiger partial charge in [0.15, 0.2) is 11.6 Å². The van der Waals surface area contributed by atoms with Crippen LogP contribution < -0.4 is 16.0 Å². The van der Waals surface area contributed by atoms with E-state index in [1.807, 2.05) is 0 Å². The Morgan fingerprint density at radius 1 is 1.03 bits per heavy atom. The molecule has 12 heteroatoms. The van der Waals surface area contributed by atoms with E-state index >= 15 is 0 Å². The predicted molar refractivity (Wildman–Crippen MR) is 111 cm³/mol. The third kappa shape index (κ3) is 5.86. The smallest absolute Gasteiger partial charge is 0.251 e. The van der Waals surface area contributed by atoms with Crippen molar-refractivity contribution in [2.75, 3.05) is 27.7 Å². The van der Waals surface area contributed by atoms with Crippen LogP contribution in [0.25, 0.3) is 0 Å². The van der Waals surface area contributed by atoms with Gasteiger partial charge in [0.1, 0.15) is 6.04 Å². The summed E-state index contributed by atoms with van der Waals surface area (Å²) in [6.07, 6.45) is 0. The molecule has 0 spiro atoms. The molecule has 9 nitrogen and oxygen atoms in total. The number of carbonyl (C=O) groups excluding carboxylic acids is 3. The fourth-order valence-corrected chi connectivity index (χ4v) is 3.57. The van der Waals surface area contributed by atoms with Gasteiger partial charge in [-0.15, -0.1) is 0 Å². The Morgan fingerprint density at radius 3 is 2.31 bits per heavy atom. The highest BCUT2D eigenvalue weighted by Crippen LogP contribution is 2.17. The van der Waals surface area contributed by atoms with Crippen molar-refractivity contribution >= 4 is 27.7 Å². The van der Waals surface area contributed by atoms with Crippen molar-refractivity contribution in [2.24, 2.45) is 0 Å². The maximum absolute atomic E-state index is 13.5. The fourth-order valence-electron chi connectivity index (χ4n) is 2.62. The monoisotopic (exact) mass is 468 g/mol. The fraction of sp³-hybridized carbons (Fsp3) is 0.250. The Hall–Kier alpha value is -3.38. The molecule has 0 saturated carbocycles. The molecule has 0 bridgehead atoms. The molecule has 2 aromatic carbocycles. The lowest BCUT2D eigenvalue weighted by Gasteiger charge is -2.18. The Morgan fingerprint density at radius 2 is 1.72 bits per heavy atom. The molecule has 3 amide bonds. The third-order valence-corrected chi connectivity index (χ3v) is 6.19. The molecule has 0 heterocycles. The summed E-state index contributed by atoms with van der Waals surface area (Å²) < 4.78 is 52.1. The van der Waals surface area contributed by atoms with E-state index in [-0.39, 0.29) is 16.0 Å². The normalized spacial score (nSPS) is 12.2. The number of hydrogen-bond donors (Lipinski definition) is 3. The van der Waals surface area contributed by atoms with Crippen molar-refractivity contribution in [2.45, 2.75) is 10.9 Å². The summed E-state index contributed by atoms with van der Waals surface area (Å²) in [5.74, 6) is -4.49. The highest BCUT2D eigenvalue weighted by atomic mass is 32.2. The van der Waals surface area contributed by atoms with E-state index in [1.165, 1.54) is 39.3 Å². The van der Waals surface area contributed by atoms with Gasteiger partial charge in [-0.2, -0.15) is 0 Å². The first-order valence-electron chi connectivity index (χ1n) is 9.24. The highest BCUT2D eigenvalue weighted by Gasteiger charge is 2.24. The van der Waals surface area contributed by atoms with Crippen LogP contribution in [0.3, 0.4) is 0 Å². The molecule has 0 radical (unpaired) electrons. The predicted octanol–water partition coefficient (Wildman–Crippen LogP) is 0.548. The number of benzene rings is 2. The number of nitrogens with zero attached hydrogens (tertiary/aromatic N) is 1. The van der Waals surface area contributed by atoms with Crippen LogP contribution in [0.1, 0.15) is 22.0 Å². The molecule has 0 fully saturated rings. The van der Waals surface area contributed by atoms with Gasteiger partial charge < -0.3 is 16.0 Å². The molecule has 0 aliphatic rings. The SMILES string of the molecule is CNC(=O)C(NC(=O)CNC(=O)c1cccc(S(=O)(=O)N(C)C)c1)c1ccc(F)c(F)c1. The summed E-state index contributed by atoms with van der Waals surface area (Å²) in [6.45, 7) is -0.555. The summed E-state index contributed by atoms with van der Waals surface area (Å²) in [5, 5.41) is 6.95. The van der Waals surface area contributed by atoms with E-state index < -0.39 is 52.0 Å². The minimum atomic E-state index is -3.76. The molecule has 0 aliphatic heterocycles. The number of likely N-dealkylation sites (N-methyl/N-ethyl adjacent to an activating group) is 1. The molecule has 0 saturated heterocycles. The van der Waals surface area contributed by atoms with Crippen molar-refractivity contribution in [3.8, 4) is 0 Å². The van der Waals surface area contributed by atoms with E-state index in [1.54, 1.807) is 0 Å². The molecule has 3 N–H and O–H groups in total. The van der Waals surface area contributed by atoms with Crippen LogP contribution in [0.5, 0.6) is 0 Å². The van der Waals surface area contributed by atoms with Crippen molar-refractivity contribution in [1.82, 2.24) is 20.3 Å². The van der Waals surface area contributed by atoms with Gasteiger partial charge in [-0.25, -0.2) is 21.5 Å². The second-order valence-electron chi connectivity index (χ2n) is 6.79. The number of hydrogen-bond acceptors (Lipinski definition) is 5. The number of nitrogens with one attached hydrogen (secondary N) is 3. The Labute approximate surface area is 183 Å². The van der Waals surface area contributed by atoms with Gasteiger partial charge >= 0.3 is 0 Å². The van der Waals surface area contributed by atoms with Crippen LogP contribution in [0, 0.1) is 11.6 Å². The lowest BCUT2D eigenvalue weighted by atomic mass is 10.1. The molecule has 32 heavy (non-hydrogen) atoms. The van der Waals surface area contributed by atoms with Crippen LogP contribution in [0.4, 0.5) is 8.78 Å². The number of carbonyl (C=O) groups is 3. The van der Waals surface area contributed by atoms with Gasteiger partial charge in [-0.1, -0.05) is 12.1 Å². The van der Waals surface area contributed by atoms with Gasteiger partial charge in [0.25, 0.3) is 5.91 Å². The van der Waals surface area contributed by atoms with Crippen molar-refractivity contribution in [3.63, 3.8) is 0 Å². The maximum atomic E-state index is 13.5. The number of halogens is 2. The minimum Gasteiger partial charge on any atom is -0.357 e. The molecular formula is C20H22F2N4O5S. The van der Waals surface area contributed by atoms with Gasteiger partial charge in [0.05, 0.1) is 11.4 Å². The lowest BCUT2D eigenvalue weighted by Crippen LogP contribution is -2.43. The molecule has 172 valence electrons. The first-order chi connectivity index (χ1) is 15.0. The zero-order valence-corrected chi connectivity index (χ0v) is 18.3. The average molecular weight is 468 g/mol. The summed E-state index contributed by atoms with van der Waals surface area (Å²) >= 11 is 0. The van der Waals surface area contributed by atoms with Gasteiger partial charge in [-0.3, -0.25) is 14.4 Å². The molecule has 0 aliphatic carbocycles. The number of rotatable bonds is 8. The van der Waals surface area contributed by atoms with Gasteiger partial charge in [-0.05, 0) is 35.9 Å². The zero-order valence-electron chi connectivity index (χ0n) is 17.5. The third-order valence-electron chi connectivity index (χ3n) is 4.38. The summed E-state index contributed by atoms with van der Waals surface area (Å²) in [4.78, 5) is 36.6. The van der Waals surface area contributed by atoms with Crippen LogP contribution in [-0.2, 0) is 19.6 Å². The van der Waals surface area contributed by atoms with Crippen LogP contribution in [0.15, 0.2) is 47.4 Å². The molecule has 1 unspecified atom stereocenters. The molecule has 0 aromatic heterocycles. The topological polar surface area (TPSA) is 125 Å². The van der Waals surface area contributed by atoms with Crippen LogP contribution in [-0.4, -0.2) is 58.1 Å². The average Bonchev–Trinajstić information content (AvgIpc) is 2.77. The Balaban J connectivity index is 2.10. The van der Waals surface area contributed by atoms with Gasteiger partial charge in [0, 0.05) is 26.7 Å². The van der Waals surface area contributed by atoms with Crippen molar-refractivity contribution < 1.29 is 31.6 Å².